The van der Waals surface area contributed by atoms with Crippen LogP contribution in [0.25, 0.3) is 0 Å². The molecule has 0 aliphatic heterocycles. The lowest BCUT2D eigenvalue weighted by Gasteiger charge is -2.12. The van der Waals surface area contributed by atoms with Crippen LogP contribution in [0.1, 0.15) is 25.5 Å². The minimum atomic E-state index is -0.0529. The molecular weight excluding hydrogens is 274 g/mol. The quantitative estimate of drug-likeness (QED) is 0.879. The molecule has 0 aromatic heterocycles. The first-order valence-electron chi connectivity index (χ1n) is 6.56. The molecule has 106 valence electrons. The van der Waals surface area contributed by atoms with E-state index < -0.39 is 0 Å². The van der Waals surface area contributed by atoms with Crippen molar-refractivity contribution in [2.75, 3.05) is 6.61 Å². The summed E-state index contributed by atoms with van der Waals surface area (Å²) in [7, 11) is 0. The number of nitrogens with two attached hydrogens (primary N) is 1. The molecule has 2 aromatic carbocycles. The van der Waals surface area contributed by atoms with Crippen molar-refractivity contribution in [1.29, 1.82) is 0 Å². The topological polar surface area (TPSA) is 44.5 Å². The van der Waals surface area contributed by atoms with Crippen LogP contribution < -0.4 is 15.2 Å². The molecule has 0 amide bonds. The van der Waals surface area contributed by atoms with Gasteiger partial charge in [-0.15, -0.1) is 0 Å². The minimum Gasteiger partial charge on any atom is -0.494 e. The van der Waals surface area contributed by atoms with Gasteiger partial charge < -0.3 is 15.2 Å². The van der Waals surface area contributed by atoms with Gasteiger partial charge in [-0.1, -0.05) is 23.7 Å². The summed E-state index contributed by atoms with van der Waals surface area (Å²) in [6.07, 6.45) is 0. The molecule has 0 heterocycles. The van der Waals surface area contributed by atoms with E-state index in [0.717, 1.165) is 11.3 Å². The second-order valence-corrected chi connectivity index (χ2v) is 4.90. The zero-order valence-electron chi connectivity index (χ0n) is 11.6. The Balaban J connectivity index is 2.19. The molecule has 0 fully saturated rings. The maximum atomic E-state index is 6.21. The second kappa shape index (κ2) is 6.64. The highest BCUT2D eigenvalue weighted by Gasteiger charge is 2.07. The van der Waals surface area contributed by atoms with Crippen molar-refractivity contribution < 1.29 is 9.47 Å². The van der Waals surface area contributed by atoms with Crippen LogP contribution in [0.5, 0.6) is 17.2 Å². The van der Waals surface area contributed by atoms with E-state index >= 15 is 0 Å². The summed E-state index contributed by atoms with van der Waals surface area (Å²) in [6, 6.07) is 13.0. The molecule has 0 saturated carbocycles. The van der Waals surface area contributed by atoms with Gasteiger partial charge in [0.2, 0.25) is 0 Å². The molecule has 0 aliphatic carbocycles. The van der Waals surface area contributed by atoms with E-state index in [2.05, 4.69) is 0 Å². The highest BCUT2D eigenvalue weighted by Crippen LogP contribution is 2.32. The zero-order valence-corrected chi connectivity index (χ0v) is 12.4. The highest BCUT2D eigenvalue weighted by atomic mass is 35.5. The minimum absolute atomic E-state index is 0.0529. The molecular formula is C16H18ClNO2. The summed E-state index contributed by atoms with van der Waals surface area (Å²) < 4.78 is 11.2. The summed E-state index contributed by atoms with van der Waals surface area (Å²) >= 11 is 6.21. The maximum Gasteiger partial charge on any atom is 0.146 e. The van der Waals surface area contributed by atoms with E-state index in [4.69, 9.17) is 26.8 Å². The average molecular weight is 292 g/mol. The average Bonchev–Trinajstić information content (AvgIpc) is 2.42. The number of benzene rings is 2. The Kier molecular flexibility index (Phi) is 4.88. The Morgan fingerprint density at radius 2 is 1.90 bits per heavy atom. The van der Waals surface area contributed by atoms with Gasteiger partial charge in [0.25, 0.3) is 0 Å². The van der Waals surface area contributed by atoms with Crippen molar-refractivity contribution in [2.45, 2.75) is 19.9 Å². The number of ether oxygens (including phenoxy) is 2. The molecule has 0 bridgehead atoms. The Labute approximate surface area is 124 Å². The third-order valence-corrected chi connectivity index (χ3v) is 3.12. The zero-order chi connectivity index (χ0) is 14.5. The van der Waals surface area contributed by atoms with Crippen molar-refractivity contribution in [1.82, 2.24) is 0 Å². The SMILES string of the molecule is CCOc1cccc(Oc2ccc([C@H](C)N)cc2Cl)c1. The van der Waals surface area contributed by atoms with E-state index in [9.17, 15) is 0 Å². The Bertz CT molecular complexity index is 584. The molecule has 0 saturated heterocycles. The molecule has 2 N–H and O–H groups in total. The summed E-state index contributed by atoms with van der Waals surface area (Å²) in [5, 5.41) is 0.543. The number of hydrogen-bond donors (Lipinski definition) is 1. The molecule has 1 atom stereocenters. The Hall–Kier alpha value is -1.71. The van der Waals surface area contributed by atoms with Gasteiger partial charge in [-0.25, -0.2) is 0 Å². The van der Waals surface area contributed by atoms with Crippen LogP contribution in [0.4, 0.5) is 0 Å². The van der Waals surface area contributed by atoms with Gasteiger partial charge >= 0.3 is 0 Å². The van der Waals surface area contributed by atoms with Crippen molar-refractivity contribution in [3.63, 3.8) is 0 Å². The number of halogens is 1. The molecule has 3 nitrogen and oxygen atoms in total. The van der Waals surface area contributed by atoms with Crippen molar-refractivity contribution in [2.24, 2.45) is 5.73 Å². The monoisotopic (exact) mass is 291 g/mol. The van der Waals surface area contributed by atoms with Gasteiger partial charge in [0.15, 0.2) is 0 Å². The molecule has 4 heteroatoms. The highest BCUT2D eigenvalue weighted by molar-refractivity contribution is 6.32. The largest absolute Gasteiger partial charge is 0.494 e. The molecule has 20 heavy (non-hydrogen) atoms. The molecule has 2 aromatic rings. The Morgan fingerprint density at radius 3 is 2.55 bits per heavy atom. The van der Waals surface area contributed by atoms with E-state index in [1.165, 1.54) is 0 Å². The molecule has 0 spiro atoms. The summed E-state index contributed by atoms with van der Waals surface area (Å²) in [5.74, 6) is 2.06. The lowest BCUT2D eigenvalue weighted by Crippen LogP contribution is -2.04. The van der Waals surface area contributed by atoms with Gasteiger partial charge in [0.05, 0.1) is 11.6 Å². The summed E-state index contributed by atoms with van der Waals surface area (Å²) in [5.41, 5.74) is 6.80. The van der Waals surface area contributed by atoms with Crippen molar-refractivity contribution in [3.8, 4) is 17.2 Å². The predicted molar refractivity (Wildman–Crippen MR) is 81.7 cm³/mol. The first kappa shape index (κ1) is 14.7. The van der Waals surface area contributed by atoms with Crippen LogP contribution in [0.3, 0.4) is 0 Å². The standard InChI is InChI=1S/C16H18ClNO2/c1-3-19-13-5-4-6-14(10-13)20-16-8-7-12(11(2)18)9-15(16)17/h4-11H,3,18H2,1-2H3/t11-/m0/s1. The summed E-state index contributed by atoms with van der Waals surface area (Å²) in [6.45, 7) is 4.47. The summed E-state index contributed by atoms with van der Waals surface area (Å²) in [4.78, 5) is 0. The van der Waals surface area contributed by atoms with Crippen molar-refractivity contribution >= 4 is 11.6 Å². The van der Waals surface area contributed by atoms with Crippen LogP contribution in [0.2, 0.25) is 5.02 Å². The van der Waals surface area contributed by atoms with E-state index in [1.54, 1.807) is 0 Å². The predicted octanol–water partition coefficient (Wildman–Crippen LogP) is 4.55. The molecule has 2 rings (SSSR count). The molecule has 0 aliphatic rings. The fourth-order valence-corrected chi connectivity index (χ4v) is 2.03. The van der Waals surface area contributed by atoms with Crippen LogP contribution >= 0.6 is 11.6 Å². The smallest absolute Gasteiger partial charge is 0.146 e. The van der Waals surface area contributed by atoms with Gasteiger partial charge in [-0.05, 0) is 43.7 Å². The fourth-order valence-electron chi connectivity index (χ4n) is 1.80. The molecule has 0 unspecified atom stereocenters. The second-order valence-electron chi connectivity index (χ2n) is 4.49. The molecule has 0 radical (unpaired) electrons. The maximum absolute atomic E-state index is 6.21. The third-order valence-electron chi connectivity index (χ3n) is 2.83. The lowest BCUT2D eigenvalue weighted by molar-refractivity contribution is 0.338. The number of rotatable bonds is 5. The van der Waals surface area contributed by atoms with E-state index in [-0.39, 0.29) is 6.04 Å². The van der Waals surface area contributed by atoms with E-state index in [1.807, 2.05) is 56.3 Å². The first-order chi connectivity index (χ1) is 9.60. The third kappa shape index (κ3) is 3.65. The van der Waals surface area contributed by atoms with Gasteiger partial charge in [0.1, 0.15) is 17.2 Å². The van der Waals surface area contributed by atoms with Gasteiger partial charge in [-0.2, -0.15) is 0 Å². The fraction of sp³-hybridized carbons (Fsp3) is 0.250. The van der Waals surface area contributed by atoms with Gasteiger partial charge in [-0.3, -0.25) is 0 Å². The van der Waals surface area contributed by atoms with Crippen molar-refractivity contribution in [3.05, 3.63) is 53.1 Å². The lowest BCUT2D eigenvalue weighted by atomic mass is 10.1. The normalized spacial score (nSPS) is 12.0. The first-order valence-corrected chi connectivity index (χ1v) is 6.93. The van der Waals surface area contributed by atoms with Crippen LogP contribution in [-0.4, -0.2) is 6.61 Å². The van der Waals surface area contributed by atoms with E-state index in [0.29, 0.717) is 23.1 Å². The van der Waals surface area contributed by atoms with Crippen LogP contribution in [0, 0.1) is 0 Å². The van der Waals surface area contributed by atoms with Crippen LogP contribution in [0.15, 0.2) is 42.5 Å². The Morgan fingerprint density at radius 1 is 1.15 bits per heavy atom. The van der Waals surface area contributed by atoms with Gasteiger partial charge in [0, 0.05) is 12.1 Å². The number of hydrogen-bond acceptors (Lipinski definition) is 3. The van der Waals surface area contributed by atoms with Crippen LogP contribution in [-0.2, 0) is 0 Å².